The van der Waals surface area contributed by atoms with Crippen molar-refractivity contribution in [3.63, 3.8) is 0 Å². The van der Waals surface area contributed by atoms with Crippen LogP contribution in [-0.4, -0.2) is 138 Å². The summed E-state index contributed by atoms with van der Waals surface area (Å²) in [4.78, 5) is 71.1. The van der Waals surface area contributed by atoms with Crippen LogP contribution in [0, 0.1) is 29.6 Å². The largest absolute Gasteiger partial charge is 0.497 e. The van der Waals surface area contributed by atoms with Gasteiger partial charge in [-0.2, -0.15) is 0 Å². The van der Waals surface area contributed by atoms with Gasteiger partial charge in [-0.3, -0.25) is 19.2 Å². The van der Waals surface area contributed by atoms with Gasteiger partial charge in [-0.25, -0.2) is 4.79 Å². The molecule has 4 aliphatic rings. The van der Waals surface area contributed by atoms with Gasteiger partial charge < -0.3 is 48.6 Å². The van der Waals surface area contributed by atoms with E-state index in [4.69, 9.17) is 28.4 Å². The van der Waals surface area contributed by atoms with Gasteiger partial charge >= 0.3 is 5.97 Å². The van der Waals surface area contributed by atoms with Gasteiger partial charge in [0.25, 0.3) is 11.7 Å². The van der Waals surface area contributed by atoms with E-state index in [1.165, 1.54) is 21.3 Å². The molecule has 3 heterocycles. The zero-order chi connectivity index (χ0) is 48.5. The first-order valence-electron chi connectivity index (χ1n) is 23.9. The molecule has 15 heteroatoms. The third kappa shape index (κ3) is 12.8. The molecule has 1 aromatic carbocycles. The molecule has 0 spiro atoms. The number of benzene rings is 1. The molecule has 15 nitrogen and oxygen atoms in total. The number of aliphatic hydroxyl groups is 3. The highest BCUT2D eigenvalue weighted by Gasteiger charge is 2.56. The number of methoxy groups -OCH3 is 3. The molecule has 3 N–H and O–H groups in total. The average molecular weight is 926 g/mol. The number of allylic oxidation sites excluding steroid dienone is 3. The van der Waals surface area contributed by atoms with Crippen molar-refractivity contribution < 1.29 is 67.7 Å². The quantitative estimate of drug-likeness (QED) is 0.111. The maximum absolute atomic E-state index is 14.5. The number of nitrogens with zero attached hydrogens (tertiary/aromatic N) is 1. The molecule has 5 rings (SSSR count). The number of piperidine rings is 1. The number of Topliss-reactive ketones (excluding diaryl/α,β-unsaturated/α-hetero) is 3. The standard InChI is InChI=1S/C51H75NO14/c1-10-35-21-29(2)20-30(3)22-44(62-8)47-45(63-9)24-32(5)51(60,66-47)48(57)49(58)52-19-12-11-16-38(52)50(59)65-46(33(6)39(53)27-40(35)54)31(4)23-34-17-18-43(41(55)25-34)64-28-42(56)36-14-13-15-37(26-36)61-7/h13-15,21,23,26,30,32-35,38-39,41,43-47,53,55,60H,10-12,16-20,22,24-25,27-28H2,1-9H3/b29-21+,31-23?. The van der Waals surface area contributed by atoms with E-state index in [-0.39, 0.29) is 55.8 Å². The van der Waals surface area contributed by atoms with E-state index in [2.05, 4.69) is 0 Å². The molecule has 0 aromatic heterocycles. The summed E-state index contributed by atoms with van der Waals surface area (Å²) in [5.74, 6) is -7.72. The number of hydrogen-bond donors (Lipinski definition) is 3. The zero-order valence-electron chi connectivity index (χ0n) is 40.4. The number of aliphatic hydroxyl groups excluding tert-OH is 2. The Kier molecular flexibility index (Phi) is 19.3. The van der Waals surface area contributed by atoms with Crippen LogP contribution in [0.3, 0.4) is 0 Å². The first-order valence-corrected chi connectivity index (χ1v) is 23.9. The number of ketones is 3. The van der Waals surface area contributed by atoms with Crippen LogP contribution in [0.2, 0.25) is 0 Å². The Morgan fingerprint density at radius 2 is 1.64 bits per heavy atom. The van der Waals surface area contributed by atoms with Crippen molar-refractivity contribution in [2.45, 2.75) is 167 Å². The summed E-state index contributed by atoms with van der Waals surface area (Å²) < 4.78 is 35.5. The predicted octanol–water partition coefficient (Wildman–Crippen LogP) is 5.73. The summed E-state index contributed by atoms with van der Waals surface area (Å²) in [5.41, 5.74) is 1.99. The Hall–Kier alpha value is -3.83. The molecule has 1 saturated carbocycles. The average Bonchev–Trinajstić information content (AvgIpc) is 3.30. The van der Waals surface area contributed by atoms with Crippen molar-refractivity contribution in [3.05, 3.63) is 53.1 Å². The fourth-order valence-corrected chi connectivity index (χ4v) is 10.4. The molecule has 3 fully saturated rings. The Morgan fingerprint density at radius 3 is 2.30 bits per heavy atom. The van der Waals surface area contributed by atoms with Gasteiger partial charge in [-0.15, -0.1) is 0 Å². The lowest BCUT2D eigenvalue weighted by molar-refractivity contribution is -0.302. The van der Waals surface area contributed by atoms with Crippen molar-refractivity contribution in [2.24, 2.45) is 29.6 Å². The highest BCUT2D eigenvalue weighted by Crippen LogP contribution is 2.39. The van der Waals surface area contributed by atoms with Crippen LogP contribution < -0.4 is 4.74 Å². The Balaban J connectivity index is 1.43. The summed E-state index contributed by atoms with van der Waals surface area (Å²) in [5, 5.41) is 35.1. The lowest BCUT2D eigenvalue weighted by Crippen LogP contribution is -2.64. The molecular weight excluding hydrogens is 851 g/mol. The molecule has 3 aliphatic heterocycles. The first-order chi connectivity index (χ1) is 31.3. The second-order valence-electron chi connectivity index (χ2n) is 19.4. The van der Waals surface area contributed by atoms with Crippen molar-refractivity contribution in [1.82, 2.24) is 4.90 Å². The SMILES string of the molecule is CCC1/C=C(\C)CC(C)CC(OC)C2OC(O)(C(=O)C(=O)N3CCCCC3C(=O)OC(C(C)=CC3CCC(OCC(=O)c4cccc(OC)c4)C(O)C3)C(C)C(O)CC1=O)C(C)CC2OC. The topological polar surface area (TPSA) is 205 Å². The van der Waals surface area contributed by atoms with Gasteiger partial charge in [0.05, 0.1) is 37.6 Å². The number of carbonyl (C=O) groups is 5. The molecule has 1 aliphatic carbocycles. The third-order valence-corrected chi connectivity index (χ3v) is 14.4. The van der Waals surface area contributed by atoms with E-state index in [9.17, 15) is 39.3 Å². The minimum absolute atomic E-state index is 0.00907. The summed E-state index contributed by atoms with van der Waals surface area (Å²) in [6, 6.07) is 5.59. The van der Waals surface area contributed by atoms with Crippen molar-refractivity contribution in [1.29, 1.82) is 0 Å². The maximum atomic E-state index is 14.5. The van der Waals surface area contributed by atoms with E-state index in [0.29, 0.717) is 68.3 Å². The van der Waals surface area contributed by atoms with Crippen LogP contribution >= 0.6 is 0 Å². The molecule has 14 unspecified atom stereocenters. The second kappa shape index (κ2) is 23.9. The normalized spacial score (nSPS) is 36.9. The fourth-order valence-electron chi connectivity index (χ4n) is 10.4. The van der Waals surface area contributed by atoms with Gasteiger partial charge in [0.1, 0.15) is 36.4 Å². The Bertz CT molecular complexity index is 1910. The van der Waals surface area contributed by atoms with Crippen LogP contribution in [0.1, 0.15) is 123 Å². The summed E-state index contributed by atoms with van der Waals surface area (Å²) in [6.07, 6.45) is 2.13. The second-order valence-corrected chi connectivity index (χ2v) is 19.4. The number of amides is 1. The number of hydrogen-bond acceptors (Lipinski definition) is 14. The Morgan fingerprint density at radius 1 is 0.924 bits per heavy atom. The number of ether oxygens (including phenoxy) is 6. The Labute approximate surface area is 390 Å². The molecule has 66 heavy (non-hydrogen) atoms. The number of esters is 1. The maximum Gasteiger partial charge on any atom is 0.329 e. The van der Waals surface area contributed by atoms with E-state index in [1.54, 1.807) is 45.0 Å². The highest BCUT2D eigenvalue weighted by atomic mass is 16.7. The summed E-state index contributed by atoms with van der Waals surface area (Å²) >= 11 is 0. The fraction of sp³-hybridized carbons (Fsp3) is 0.706. The molecule has 2 bridgehead atoms. The van der Waals surface area contributed by atoms with E-state index >= 15 is 0 Å². The number of rotatable bonds is 10. The van der Waals surface area contributed by atoms with Crippen LogP contribution in [0.4, 0.5) is 0 Å². The van der Waals surface area contributed by atoms with Crippen LogP contribution in [0.5, 0.6) is 5.75 Å². The predicted molar refractivity (Wildman–Crippen MR) is 244 cm³/mol. The van der Waals surface area contributed by atoms with Gasteiger partial charge in [0.2, 0.25) is 5.79 Å². The minimum atomic E-state index is -2.54. The minimum Gasteiger partial charge on any atom is -0.497 e. The molecule has 0 radical (unpaired) electrons. The lowest BCUT2D eigenvalue weighted by atomic mass is 9.81. The van der Waals surface area contributed by atoms with Gasteiger partial charge in [0, 0.05) is 50.5 Å². The molecule has 14 atom stereocenters. The third-order valence-electron chi connectivity index (χ3n) is 14.4. The first kappa shape index (κ1) is 53.1. The van der Waals surface area contributed by atoms with E-state index < -0.39 is 90.0 Å². The van der Waals surface area contributed by atoms with Crippen molar-refractivity contribution >= 4 is 29.2 Å². The van der Waals surface area contributed by atoms with Crippen molar-refractivity contribution in [3.8, 4) is 5.75 Å². The van der Waals surface area contributed by atoms with Crippen LogP contribution in [0.25, 0.3) is 0 Å². The van der Waals surface area contributed by atoms with E-state index in [0.717, 1.165) is 10.5 Å². The molecule has 1 aromatic rings. The number of fused-ring (bicyclic) bond motifs is 3. The summed E-state index contributed by atoms with van der Waals surface area (Å²) in [6.45, 7) is 10.9. The van der Waals surface area contributed by atoms with Crippen LogP contribution in [0.15, 0.2) is 47.6 Å². The molecule has 2 saturated heterocycles. The van der Waals surface area contributed by atoms with Gasteiger partial charge in [-0.1, -0.05) is 57.6 Å². The monoisotopic (exact) mass is 926 g/mol. The highest BCUT2D eigenvalue weighted by molar-refractivity contribution is 6.39. The van der Waals surface area contributed by atoms with Gasteiger partial charge in [0.15, 0.2) is 5.78 Å². The van der Waals surface area contributed by atoms with Crippen LogP contribution in [-0.2, 0) is 42.9 Å². The smallest absolute Gasteiger partial charge is 0.329 e. The number of carbonyl (C=O) groups excluding carboxylic acids is 5. The zero-order valence-corrected chi connectivity index (χ0v) is 40.4. The van der Waals surface area contributed by atoms with Crippen molar-refractivity contribution in [2.75, 3.05) is 34.5 Å². The molecule has 1 amide bonds. The molecule has 368 valence electrons. The van der Waals surface area contributed by atoms with E-state index in [1.807, 2.05) is 32.9 Å². The molecular formula is C51H75NO14. The summed E-state index contributed by atoms with van der Waals surface area (Å²) in [7, 11) is 4.57. The van der Waals surface area contributed by atoms with Gasteiger partial charge in [-0.05, 0) is 108 Å². The number of cyclic esters (lactones) is 1. The lowest BCUT2D eigenvalue weighted by Gasteiger charge is -2.47.